The Kier molecular flexibility index (Phi) is 5.22. The average Bonchev–Trinajstić information content (AvgIpc) is 1.97. The Morgan fingerprint density at radius 1 is 0.647 bits per heavy atom. The largest absolute Gasteiger partial charge is 0.360 e. The van der Waals surface area contributed by atoms with Gasteiger partial charge in [0, 0.05) is 0 Å². The van der Waals surface area contributed by atoms with Crippen molar-refractivity contribution in [2.75, 3.05) is 0 Å². The number of hydrogen-bond acceptors (Lipinski definition) is 3. The van der Waals surface area contributed by atoms with Gasteiger partial charge < -0.3 is 29.4 Å². The maximum absolute atomic E-state index is 13.0. The summed E-state index contributed by atoms with van der Waals surface area (Å²) in [7, 11) is -17.4. The van der Waals surface area contributed by atoms with Crippen LogP contribution in [0.4, 0.5) is 8.78 Å². The standard InChI is InChI=1S/C3H9F2O9P3/c4-2(16(9,10)11)1(15(6,7)8)3(5)17(12,13)14/h1-3H,(H2,6,7,8)(H2,9,10,11)(H2,12,13,14). The van der Waals surface area contributed by atoms with Crippen molar-refractivity contribution in [2.24, 2.45) is 0 Å². The second kappa shape index (κ2) is 5.13. The quantitative estimate of drug-likeness (QED) is 0.364. The molecule has 0 saturated carbocycles. The van der Waals surface area contributed by atoms with E-state index in [0.29, 0.717) is 0 Å². The molecule has 0 radical (unpaired) electrons. The van der Waals surface area contributed by atoms with Gasteiger partial charge in [-0.1, -0.05) is 0 Å². The van der Waals surface area contributed by atoms with Crippen LogP contribution in [-0.4, -0.2) is 46.8 Å². The van der Waals surface area contributed by atoms with Gasteiger partial charge in [-0.15, -0.1) is 0 Å². The number of rotatable bonds is 5. The fourth-order valence-electron chi connectivity index (χ4n) is 0.849. The highest BCUT2D eigenvalue weighted by Gasteiger charge is 2.56. The van der Waals surface area contributed by atoms with Gasteiger partial charge in [0.25, 0.3) is 0 Å². The highest BCUT2D eigenvalue weighted by Crippen LogP contribution is 2.62. The molecule has 6 N–H and O–H groups in total. The maximum Gasteiger partial charge on any atom is 0.360 e. The molecule has 17 heavy (non-hydrogen) atoms. The fraction of sp³-hybridized carbons (Fsp3) is 1.00. The van der Waals surface area contributed by atoms with E-state index in [-0.39, 0.29) is 0 Å². The zero-order valence-electron chi connectivity index (χ0n) is 7.74. The summed E-state index contributed by atoms with van der Waals surface area (Å²) in [4.78, 5) is 50.2. The first kappa shape index (κ1) is 17.3. The zero-order valence-corrected chi connectivity index (χ0v) is 10.4. The van der Waals surface area contributed by atoms with Crippen molar-refractivity contribution in [3.8, 4) is 0 Å². The zero-order chi connectivity index (χ0) is 14.2. The monoisotopic (exact) mass is 320 g/mol. The third-order valence-electron chi connectivity index (χ3n) is 1.59. The van der Waals surface area contributed by atoms with Gasteiger partial charge in [0.15, 0.2) is 0 Å². The molecule has 0 aromatic heterocycles. The maximum atomic E-state index is 13.0. The first-order chi connectivity index (χ1) is 7.19. The number of hydrogen-bond donors (Lipinski definition) is 6. The van der Waals surface area contributed by atoms with Crippen molar-refractivity contribution < 1.29 is 51.8 Å². The Hall–Kier alpha value is 0.310. The minimum absolute atomic E-state index is 3.44. The third kappa shape index (κ3) is 4.82. The van der Waals surface area contributed by atoms with Crippen molar-refractivity contribution in [3.05, 3.63) is 0 Å². The van der Waals surface area contributed by atoms with Crippen LogP contribution in [-0.2, 0) is 13.7 Å². The van der Waals surface area contributed by atoms with Crippen LogP contribution in [0.25, 0.3) is 0 Å². The summed E-state index contributed by atoms with van der Waals surface area (Å²) < 4.78 is 57.5. The first-order valence-electron chi connectivity index (χ1n) is 3.63. The molecule has 0 heterocycles. The van der Waals surface area contributed by atoms with E-state index in [2.05, 4.69) is 0 Å². The Morgan fingerprint density at radius 3 is 1.00 bits per heavy atom. The number of halogens is 2. The molecule has 0 aromatic rings. The van der Waals surface area contributed by atoms with Gasteiger partial charge in [-0.3, -0.25) is 13.7 Å². The summed E-state index contributed by atoms with van der Waals surface area (Å²) in [5.41, 5.74) is -3.44. The molecular formula is C3H9F2O9P3. The van der Waals surface area contributed by atoms with Crippen LogP contribution in [0.3, 0.4) is 0 Å². The minimum atomic E-state index is -5.82. The smallest absolute Gasteiger partial charge is 0.324 e. The van der Waals surface area contributed by atoms with Crippen LogP contribution >= 0.6 is 22.8 Å². The predicted molar refractivity (Wildman–Crippen MR) is 49.7 cm³/mol. The van der Waals surface area contributed by atoms with Crippen molar-refractivity contribution in [3.63, 3.8) is 0 Å². The predicted octanol–water partition coefficient (Wildman–Crippen LogP) is -0.521. The minimum Gasteiger partial charge on any atom is -0.324 e. The van der Waals surface area contributed by atoms with E-state index >= 15 is 0 Å². The van der Waals surface area contributed by atoms with Gasteiger partial charge in [-0.2, -0.15) is 0 Å². The molecule has 9 nitrogen and oxygen atoms in total. The first-order valence-corrected chi connectivity index (χ1v) is 8.67. The lowest BCUT2D eigenvalue weighted by molar-refractivity contribution is 0.219. The molecule has 0 aliphatic heterocycles. The highest BCUT2D eigenvalue weighted by atomic mass is 31.2. The van der Waals surface area contributed by atoms with Crippen LogP contribution in [0.1, 0.15) is 0 Å². The van der Waals surface area contributed by atoms with E-state index in [1.54, 1.807) is 0 Å². The van der Waals surface area contributed by atoms with E-state index in [4.69, 9.17) is 29.4 Å². The molecule has 0 aliphatic carbocycles. The van der Waals surface area contributed by atoms with E-state index in [1.165, 1.54) is 0 Å². The third-order valence-corrected chi connectivity index (χ3v) is 5.29. The van der Waals surface area contributed by atoms with Crippen molar-refractivity contribution in [1.82, 2.24) is 0 Å². The second-order valence-corrected chi connectivity index (χ2v) is 8.12. The van der Waals surface area contributed by atoms with Gasteiger partial charge in [-0.25, -0.2) is 8.78 Å². The van der Waals surface area contributed by atoms with E-state index < -0.39 is 40.3 Å². The molecule has 14 heteroatoms. The van der Waals surface area contributed by atoms with Crippen LogP contribution in [0, 0.1) is 0 Å². The molecule has 0 fully saturated rings. The highest BCUT2D eigenvalue weighted by molar-refractivity contribution is 7.59. The molecular weight excluding hydrogens is 311 g/mol. The van der Waals surface area contributed by atoms with E-state index in [0.717, 1.165) is 0 Å². The summed E-state index contributed by atoms with van der Waals surface area (Å²) in [6.45, 7) is 0. The van der Waals surface area contributed by atoms with Crippen molar-refractivity contribution in [2.45, 2.75) is 17.5 Å². The summed E-state index contributed by atoms with van der Waals surface area (Å²) in [6, 6.07) is 0. The molecule has 0 bridgehead atoms. The summed E-state index contributed by atoms with van der Waals surface area (Å²) >= 11 is 0. The lowest BCUT2D eigenvalue weighted by Gasteiger charge is -2.25. The van der Waals surface area contributed by atoms with E-state index in [9.17, 15) is 22.5 Å². The Labute approximate surface area is 93.0 Å². The molecule has 104 valence electrons. The van der Waals surface area contributed by atoms with Gasteiger partial charge in [0.1, 0.15) is 5.66 Å². The number of alkyl halides is 2. The van der Waals surface area contributed by atoms with Gasteiger partial charge in [0.2, 0.25) is 11.8 Å². The van der Waals surface area contributed by atoms with Gasteiger partial charge in [0.05, 0.1) is 0 Å². The van der Waals surface area contributed by atoms with Crippen LogP contribution in [0.5, 0.6) is 0 Å². The summed E-state index contributed by atoms with van der Waals surface area (Å²) in [6.07, 6.45) is 0. The lowest BCUT2D eigenvalue weighted by atomic mass is 10.5. The molecule has 0 aliphatic rings. The molecule has 0 spiro atoms. The van der Waals surface area contributed by atoms with Crippen molar-refractivity contribution >= 4 is 22.8 Å². The SMILES string of the molecule is O=P(O)(O)C(F)C(C(F)P(=O)(O)O)P(=O)(O)O. The average molecular weight is 320 g/mol. The lowest BCUT2D eigenvalue weighted by Crippen LogP contribution is -2.32. The molecule has 2 atom stereocenters. The molecule has 0 aromatic carbocycles. The summed E-state index contributed by atoms with van der Waals surface area (Å²) in [5, 5.41) is 0. The molecule has 2 unspecified atom stereocenters. The van der Waals surface area contributed by atoms with Crippen LogP contribution < -0.4 is 0 Å². The normalized spacial score (nSPS) is 19.8. The molecule has 0 saturated heterocycles. The van der Waals surface area contributed by atoms with Gasteiger partial charge in [-0.05, 0) is 0 Å². The van der Waals surface area contributed by atoms with E-state index in [1.807, 2.05) is 0 Å². The second-order valence-electron chi connectivity index (χ2n) is 3.00. The van der Waals surface area contributed by atoms with Crippen LogP contribution in [0.15, 0.2) is 0 Å². The Morgan fingerprint density at radius 2 is 0.882 bits per heavy atom. The molecule has 0 amide bonds. The Bertz CT molecular complexity index is 378. The van der Waals surface area contributed by atoms with Gasteiger partial charge >= 0.3 is 22.8 Å². The summed E-state index contributed by atoms with van der Waals surface area (Å²) in [5.74, 6) is -7.46. The van der Waals surface area contributed by atoms with Crippen LogP contribution in [0.2, 0.25) is 0 Å². The molecule has 0 rings (SSSR count). The fourth-order valence-corrected chi connectivity index (χ4v) is 4.81. The topological polar surface area (TPSA) is 173 Å². The van der Waals surface area contributed by atoms with Crippen molar-refractivity contribution in [1.29, 1.82) is 0 Å². The Balaban J connectivity index is 5.56.